The van der Waals surface area contributed by atoms with Crippen LogP contribution in [0.1, 0.15) is 0 Å². The zero-order valence-corrected chi connectivity index (χ0v) is 66.1. The number of rotatable bonds is 12. The van der Waals surface area contributed by atoms with E-state index in [0.29, 0.717) is 29.1 Å². The molecular formula is C101H62N16S3. The van der Waals surface area contributed by atoms with Gasteiger partial charge in [0.05, 0.1) is 55.9 Å². The molecule has 0 saturated heterocycles. The van der Waals surface area contributed by atoms with Crippen molar-refractivity contribution >= 4 is 130 Å². The van der Waals surface area contributed by atoms with Crippen molar-refractivity contribution in [3.8, 4) is 119 Å². The van der Waals surface area contributed by atoms with Crippen molar-refractivity contribution < 1.29 is 0 Å². The predicted octanol–water partition coefficient (Wildman–Crippen LogP) is 25.1. The minimum Gasteiger partial charge on any atom is -0.309 e. The number of fused-ring (bicyclic) bond motifs is 15. The van der Waals surface area contributed by atoms with Gasteiger partial charge in [-0.15, -0.1) is 34.0 Å². The molecule has 9 aromatic carbocycles. The summed E-state index contributed by atoms with van der Waals surface area (Å²) in [5.74, 6) is 3.16. The van der Waals surface area contributed by atoms with Gasteiger partial charge in [-0.2, -0.15) is 0 Å². The van der Waals surface area contributed by atoms with Crippen molar-refractivity contribution in [2.75, 3.05) is 0 Å². The fraction of sp³-hybridized carbons (Fsp3) is 0. The summed E-state index contributed by atoms with van der Waals surface area (Å²) in [6.45, 7) is 0. The van der Waals surface area contributed by atoms with Crippen LogP contribution in [-0.4, -0.2) is 78.5 Å². The average molecular weight is 1600 g/mol. The van der Waals surface area contributed by atoms with Gasteiger partial charge in [-0.1, -0.05) is 84.9 Å². The lowest BCUT2D eigenvalue weighted by Crippen LogP contribution is -2.00. The highest BCUT2D eigenvalue weighted by Crippen LogP contribution is 2.44. The molecule has 0 atom stereocenters. The molecule has 0 radical (unpaired) electrons. The molecule has 19 heteroatoms. The lowest BCUT2D eigenvalue weighted by Gasteiger charge is -2.11. The second kappa shape index (κ2) is 30.5. The van der Waals surface area contributed by atoms with E-state index >= 15 is 0 Å². The quantitative estimate of drug-likeness (QED) is 0.113. The Labute approximate surface area is 697 Å². The Morgan fingerprint density at radius 1 is 0.192 bits per heavy atom. The highest BCUT2D eigenvalue weighted by atomic mass is 32.1. The van der Waals surface area contributed by atoms with E-state index in [4.69, 9.17) is 34.9 Å². The third-order valence-electron chi connectivity index (χ3n) is 21.8. The number of hydrogen-bond donors (Lipinski definition) is 0. The SMILES string of the molecule is c1ccc2c(c1)c1c3sccc3ccc1n2-c1ccc(-c2cc(-c3ccncc3)nc(-c3ccncc3)n2)cc1.c1ccc2c(c1)c1c3sccc3ccc1n2-c1ccc(-c2nc(-c3ccncc3)cc(-c3ccncc3)n2)cc1.c1ccc2c(c1)c1c3sccc3ccc1n2-c1ccc(-c2nc(-c3ccncc3)nc(-c3ccncc3)n2)cc1. The van der Waals surface area contributed by atoms with Gasteiger partial charge in [0.1, 0.15) is 0 Å². The summed E-state index contributed by atoms with van der Waals surface area (Å²) < 4.78 is 11.0. The van der Waals surface area contributed by atoms with Crippen LogP contribution in [-0.2, 0) is 0 Å². The van der Waals surface area contributed by atoms with E-state index in [1.807, 2.05) is 84.9 Å². The van der Waals surface area contributed by atoms with Gasteiger partial charge in [-0.05, 0) is 232 Å². The second-order valence-electron chi connectivity index (χ2n) is 28.7. The lowest BCUT2D eigenvalue weighted by molar-refractivity contribution is 1.07. The van der Waals surface area contributed by atoms with Gasteiger partial charge in [-0.3, -0.25) is 29.9 Å². The number of aromatic nitrogens is 16. The second-order valence-corrected chi connectivity index (χ2v) is 31.5. The average Bonchev–Trinajstić information content (AvgIpc) is 1.59. The Balaban J connectivity index is 0.000000108. The minimum absolute atomic E-state index is 0.602. The number of benzene rings is 9. The van der Waals surface area contributed by atoms with Gasteiger partial charge >= 0.3 is 0 Å². The van der Waals surface area contributed by atoms with Gasteiger partial charge < -0.3 is 13.7 Å². The molecule has 16 nitrogen and oxygen atoms in total. The molecule has 0 aliphatic heterocycles. The van der Waals surface area contributed by atoms with E-state index in [-0.39, 0.29) is 0 Å². The first-order valence-corrected chi connectivity index (χ1v) is 41.6. The summed E-state index contributed by atoms with van der Waals surface area (Å²) >= 11 is 5.40. The first-order chi connectivity index (χ1) is 59.5. The summed E-state index contributed by atoms with van der Waals surface area (Å²) in [6.07, 6.45) is 21.2. The number of thiophene rings is 3. The molecule has 0 N–H and O–H groups in total. The first kappa shape index (κ1) is 70.9. The van der Waals surface area contributed by atoms with E-state index in [9.17, 15) is 0 Å². The normalized spacial score (nSPS) is 11.5. The van der Waals surface area contributed by atoms with Crippen molar-refractivity contribution in [3.05, 3.63) is 376 Å². The van der Waals surface area contributed by atoms with E-state index in [2.05, 4.69) is 260 Å². The van der Waals surface area contributed by atoms with Crippen molar-refractivity contribution in [2.24, 2.45) is 0 Å². The molecule has 15 aromatic heterocycles. The molecule has 0 aliphatic rings. The van der Waals surface area contributed by atoms with Gasteiger partial charge in [0.2, 0.25) is 0 Å². The summed E-state index contributed by atoms with van der Waals surface area (Å²) in [5.41, 5.74) is 22.5. The maximum atomic E-state index is 4.96. The minimum atomic E-state index is 0.602. The van der Waals surface area contributed by atoms with Crippen molar-refractivity contribution in [2.45, 2.75) is 0 Å². The Morgan fingerprint density at radius 2 is 0.425 bits per heavy atom. The predicted molar refractivity (Wildman–Crippen MR) is 489 cm³/mol. The zero-order valence-electron chi connectivity index (χ0n) is 63.7. The summed E-state index contributed by atoms with van der Waals surface area (Å²) in [6, 6.07) is 98.9. The van der Waals surface area contributed by atoms with E-state index < -0.39 is 0 Å². The number of para-hydroxylation sites is 3. The Kier molecular flexibility index (Phi) is 18.0. The van der Waals surface area contributed by atoms with Crippen LogP contribution in [0, 0.1) is 0 Å². The fourth-order valence-corrected chi connectivity index (χ4v) is 19.0. The number of hydrogen-bond acceptors (Lipinski definition) is 16. The topological polar surface area (TPSA) is 182 Å². The van der Waals surface area contributed by atoms with Crippen LogP contribution >= 0.6 is 34.0 Å². The van der Waals surface area contributed by atoms with Crippen molar-refractivity contribution in [3.63, 3.8) is 0 Å². The highest BCUT2D eigenvalue weighted by molar-refractivity contribution is 7.19. The fourth-order valence-electron chi connectivity index (χ4n) is 16.1. The summed E-state index contributed by atoms with van der Waals surface area (Å²) in [7, 11) is 0. The molecule has 0 saturated carbocycles. The molecule has 0 spiro atoms. The third-order valence-corrected chi connectivity index (χ3v) is 24.6. The van der Waals surface area contributed by atoms with Crippen LogP contribution in [0.5, 0.6) is 0 Å². The number of nitrogens with zero attached hydrogens (tertiary/aromatic N) is 16. The van der Waals surface area contributed by atoms with Gasteiger partial charge in [0.25, 0.3) is 0 Å². The van der Waals surface area contributed by atoms with Gasteiger partial charge in [0.15, 0.2) is 29.1 Å². The smallest absolute Gasteiger partial charge is 0.164 e. The zero-order chi connectivity index (χ0) is 79.4. The molecule has 15 heterocycles. The van der Waals surface area contributed by atoms with Crippen LogP contribution in [0.3, 0.4) is 0 Å². The maximum Gasteiger partial charge on any atom is 0.164 e. The highest BCUT2D eigenvalue weighted by Gasteiger charge is 2.22. The first-order valence-electron chi connectivity index (χ1n) is 39.0. The Bertz CT molecular complexity index is 7020. The molecule has 0 fully saturated rings. The molecule has 0 bridgehead atoms. The van der Waals surface area contributed by atoms with Crippen LogP contribution in [0.15, 0.2) is 376 Å². The molecule has 24 aromatic rings. The van der Waals surface area contributed by atoms with Gasteiger partial charge in [-0.25, -0.2) is 34.9 Å². The van der Waals surface area contributed by atoms with E-state index in [1.54, 1.807) is 108 Å². The van der Waals surface area contributed by atoms with Crippen molar-refractivity contribution in [1.29, 1.82) is 0 Å². The molecule has 0 unspecified atom stereocenters. The van der Waals surface area contributed by atoms with Gasteiger partial charge in [0, 0.05) is 188 Å². The van der Waals surface area contributed by atoms with Crippen LogP contribution < -0.4 is 0 Å². The van der Waals surface area contributed by atoms with Crippen LogP contribution in [0.4, 0.5) is 0 Å². The standard InChI is InChI=1S/2C34H21N5S.C33H20N6S/c1-2-4-30-27(3-1)32-31(10-7-24-15-20-40-33(24)32)39(30)26-8-5-25(6-9-26)34-37-28(22-11-16-35-17-12-22)21-29(38-34)23-13-18-36-19-14-23;1-2-4-30-27(3-1)32-31(10-7-24-15-20-40-33(24)32)39(30)26-8-5-22(6-9-26)28-21-29(23-11-16-35-17-12-23)38-34(37-28)25-13-18-36-19-14-25;1-2-4-27-26(3-1)29-28(10-7-21-15-20-40-30(21)29)39(27)25-8-5-22(6-9-25)31-36-32(23-11-16-34-17-12-23)38-33(37-31)24-13-18-35-19-14-24/h2*1-21H;1-20H. The molecule has 24 rings (SSSR count). The molecular weight excluding hydrogens is 1530 g/mol. The van der Waals surface area contributed by atoms with Crippen LogP contribution in [0.25, 0.3) is 215 Å². The summed E-state index contributed by atoms with van der Waals surface area (Å²) in [5, 5.41) is 18.1. The largest absolute Gasteiger partial charge is 0.309 e. The summed E-state index contributed by atoms with van der Waals surface area (Å²) in [4.78, 5) is 59.2. The molecule has 0 amide bonds. The Morgan fingerprint density at radius 3 is 0.708 bits per heavy atom. The van der Waals surface area contributed by atoms with Crippen LogP contribution in [0.2, 0.25) is 0 Å². The monoisotopic (exact) mass is 1590 g/mol. The number of pyridine rings is 6. The maximum absolute atomic E-state index is 4.96. The molecule has 564 valence electrons. The molecule has 0 aliphatic carbocycles. The Hall–Kier alpha value is -15.7. The van der Waals surface area contributed by atoms with Crippen molar-refractivity contribution in [1.82, 2.24) is 78.5 Å². The molecule has 120 heavy (non-hydrogen) atoms. The lowest BCUT2D eigenvalue weighted by atomic mass is 10.1. The van der Waals surface area contributed by atoms with E-state index in [1.165, 1.54) is 95.7 Å². The van der Waals surface area contributed by atoms with E-state index in [0.717, 1.165) is 89.9 Å². The third kappa shape index (κ3) is 13.0.